The SMILES string of the molecule is CCC(C)C(=O)Nc1cccc(CNc2cc(C)nc(C)c2C#N)c1. The van der Waals surface area contributed by atoms with Crippen molar-refractivity contribution in [2.24, 2.45) is 5.92 Å². The Bertz CT molecular complexity index is 808. The van der Waals surface area contributed by atoms with Crippen LogP contribution in [0.25, 0.3) is 0 Å². The van der Waals surface area contributed by atoms with E-state index in [0.717, 1.165) is 34.7 Å². The van der Waals surface area contributed by atoms with E-state index in [1.165, 1.54) is 0 Å². The summed E-state index contributed by atoms with van der Waals surface area (Å²) in [7, 11) is 0. The van der Waals surface area contributed by atoms with Crippen molar-refractivity contribution in [3.05, 3.63) is 52.8 Å². The first-order valence-corrected chi connectivity index (χ1v) is 8.46. The summed E-state index contributed by atoms with van der Waals surface area (Å²) in [5.74, 6) is 0.0162. The van der Waals surface area contributed by atoms with E-state index < -0.39 is 0 Å². The highest BCUT2D eigenvalue weighted by atomic mass is 16.1. The fraction of sp³-hybridized carbons (Fsp3) is 0.350. The topological polar surface area (TPSA) is 77.8 Å². The molecule has 25 heavy (non-hydrogen) atoms. The molecule has 0 saturated carbocycles. The third kappa shape index (κ3) is 4.80. The van der Waals surface area contributed by atoms with Crippen LogP contribution in [0.15, 0.2) is 30.3 Å². The molecule has 5 nitrogen and oxygen atoms in total. The predicted octanol–water partition coefficient (Wildman–Crippen LogP) is 4.17. The molecular formula is C20H24N4O. The quantitative estimate of drug-likeness (QED) is 0.830. The molecule has 0 radical (unpaired) electrons. The molecule has 0 aliphatic heterocycles. The van der Waals surface area contributed by atoms with Crippen molar-refractivity contribution in [3.63, 3.8) is 0 Å². The number of carbonyl (C=O) groups excluding carboxylic acids is 1. The van der Waals surface area contributed by atoms with E-state index in [9.17, 15) is 10.1 Å². The molecule has 0 aliphatic rings. The van der Waals surface area contributed by atoms with Gasteiger partial charge in [-0.25, -0.2) is 0 Å². The maximum atomic E-state index is 12.0. The second kappa shape index (κ2) is 8.29. The lowest BCUT2D eigenvalue weighted by atomic mass is 10.1. The number of pyridine rings is 1. The Morgan fingerprint density at radius 1 is 1.32 bits per heavy atom. The standard InChI is InChI=1S/C20H24N4O/c1-5-13(2)20(25)24-17-8-6-7-16(10-17)12-22-19-9-14(3)23-15(4)18(19)11-21/h6-10,13H,5,12H2,1-4H3,(H,22,23)(H,24,25). The van der Waals surface area contributed by atoms with Crippen molar-refractivity contribution in [1.82, 2.24) is 4.98 Å². The Kier molecular flexibility index (Phi) is 6.13. The number of hydrogen-bond donors (Lipinski definition) is 2. The Balaban J connectivity index is 2.11. The minimum atomic E-state index is -0.0114. The summed E-state index contributed by atoms with van der Waals surface area (Å²) < 4.78 is 0. The first-order chi connectivity index (χ1) is 11.9. The summed E-state index contributed by atoms with van der Waals surface area (Å²) in [5.41, 5.74) is 4.74. The minimum Gasteiger partial charge on any atom is -0.380 e. The highest BCUT2D eigenvalue weighted by Gasteiger charge is 2.11. The molecule has 0 spiro atoms. The van der Waals surface area contributed by atoms with E-state index in [0.29, 0.717) is 12.1 Å². The molecule has 1 aromatic heterocycles. The van der Waals surface area contributed by atoms with Gasteiger partial charge in [0.1, 0.15) is 6.07 Å². The van der Waals surface area contributed by atoms with Gasteiger partial charge in [0.05, 0.1) is 16.9 Å². The van der Waals surface area contributed by atoms with Crippen LogP contribution in [-0.4, -0.2) is 10.9 Å². The summed E-state index contributed by atoms with van der Waals surface area (Å²) in [4.78, 5) is 16.3. The largest absolute Gasteiger partial charge is 0.380 e. The van der Waals surface area contributed by atoms with E-state index >= 15 is 0 Å². The van der Waals surface area contributed by atoms with Gasteiger partial charge in [-0.2, -0.15) is 5.26 Å². The van der Waals surface area contributed by atoms with Crippen LogP contribution in [-0.2, 0) is 11.3 Å². The highest BCUT2D eigenvalue weighted by molar-refractivity contribution is 5.92. The molecule has 0 aliphatic carbocycles. The van der Waals surface area contributed by atoms with Crippen LogP contribution in [0.5, 0.6) is 0 Å². The number of nitrogens with one attached hydrogen (secondary N) is 2. The van der Waals surface area contributed by atoms with Crippen LogP contribution < -0.4 is 10.6 Å². The number of rotatable bonds is 6. The average molecular weight is 336 g/mol. The number of benzene rings is 1. The first kappa shape index (κ1) is 18.5. The van der Waals surface area contributed by atoms with Crippen molar-refractivity contribution < 1.29 is 4.79 Å². The van der Waals surface area contributed by atoms with E-state index in [-0.39, 0.29) is 11.8 Å². The maximum Gasteiger partial charge on any atom is 0.227 e. The van der Waals surface area contributed by atoms with Crippen LogP contribution >= 0.6 is 0 Å². The van der Waals surface area contributed by atoms with Gasteiger partial charge in [0.25, 0.3) is 0 Å². The Morgan fingerprint density at radius 3 is 2.76 bits per heavy atom. The van der Waals surface area contributed by atoms with Gasteiger partial charge in [0.2, 0.25) is 5.91 Å². The Hall–Kier alpha value is -2.87. The zero-order valence-corrected chi connectivity index (χ0v) is 15.2. The van der Waals surface area contributed by atoms with Gasteiger partial charge in [0, 0.05) is 23.8 Å². The summed E-state index contributed by atoms with van der Waals surface area (Å²) in [6, 6.07) is 11.8. The number of aromatic nitrogens is 1. The van der Waals surface area contributed by atoms with Crippen LogP contribution in [0.3, 0.4) is 0 Å². The summed E-state index contributed by atoms with van der Waals surface area (Å²) in [5, 5.41) is 15.6. The monoisotopic (exact) mass is 336 g/mol. The van der Waals surface area contributed by atoms with E-state index in [1.54, 1.807) is 0 Å². The van der Waals surface area contributed by atoms with Gasteiger partial charge >= 0.3 is 0 Å². The molecule has 1 atom stereocenters. The smallest absolute Gasteiger partial charge is 0.227 e. The number of nitriles is 1. The fourth-order valence-corrected chi connectivity index (χ4v) is 2.52. The number of carbonyl (C=O) groups is 1. The Labute approximate surface area is 149 Å². The number of nitrogens with zero attached hydrogens (tertiary/aromatic N) is 2. The highest BCUT2D eigenvalue weighted by Crippen LogP contribution is 2.20. The maximum absolute atomic E-state index is 12.0. The lowest BCUT2D eigenvalue weighted by molar-refractivity contribution is -0.119. The molecule has 1 aromatic carbocycles. The minimum absolute atomic E-state index is 0.0114. The fourth-order valence-electron chi connectivity index (χ4n) is 2.52. The normalized spacial score (nSPS) is 11.5. The van der Waals surface area contributed by atoms with Gasteiger partial charge < -0.3 is 10.6 Å². The molecule has 1 heterocycles. The average Bonchev–Trinajstić information content (AvgIpc) is 2.59. The van der Waals surface area contributed by atoms with Gasteiger partial charge in [0.15, 0.2) is 0 Å². The first-order valence-electron chi connectivity index (χ1n) is 8.46. The molecule has 130 valence electrons. The van der Waals surface area contributed by atoms with Crippen molar-refractivity contribution >= 4 is 17.3 Å². The van der Waals surface area contributed by atoms with Crippen molar-refractivity contribution in [1.29, 1.82) is 5.26 Å². The lowest BCUT2D eigenvalue weighted by Gasteiger charge is -2.13. The third-order valence-corrected chi connectivity index (χ3v) is 4.18. The van der Waals surface area contributed by atoms with E-state index in [2.05, 4.69) is 21.7 Å². The van der Waals surface area contributed by atoms with Crippen LogP contribution in [0.4, 0.5) is 11.4 Å². The van der Waals surface area contributed by atoms with Crippen molar-refractivity contribution in [3.8, 4) is 6.07 Å². The molecule has 2 N–H and O–H groups in total. The zero-order valence-electron chi connectivity index (χ0n) is 15.2. The predicted molar refractivity (Wildman–Crippen MR) is 100 cm³/mol. The van der Waals surface area contributed by atoms with Crippen LogP contribution in [0.1, 0.15) is 42.8 Å². The van der Waals surface area contributed by atoms with Gasteiger partial charge in [-0.3, -0.25) is 9.78 Å². The van der Waals surface area contributed by atoms with Crippen LogP contribution in [0, 0.1) is 31.1 Å². The molecule has 1 amide bonds. The van der Waals surface area contributed by atoms with Crippen molar-refractivity contribution in [2.75, 3.05) is 10.6 Å². The number of anilines is 2. The number of amides is 1. The molecule has 0 bridgehead atoms. The van der Waals surface area contributed by atoms with E-state index in [4.69, 9.17) is 0 Å². The van der Waals surface area contributed by atoms with Gasteiger partial charge in [-0.15, -0.1) is 0 Å². The van der Waals surface area contributed by atoms with E-state index in [1.807, 2.05) is 58.0 Å². The summed E-state index contributed by atoms with van der Waals surface area (Å²) in [6.45, 7) is 8.21. The third-order valence-electron chi connectivity index (χ3n) is 4.18. The van der Waals surface area contributed by atoms with Crippen molar-refractivity contribution in [2.45, 2.75) is 40.7 Å². The molecular weight excluding hydrogens is 312 g/mol. The van der Waals surface area contributed by atoms with Gasteiger partial charge in [-0.05, 0) is 44.0 Å². The van der Waals surface area contributed by atoms with Gasteiger partial charge in [-0.1, -0.05) is 26.0 Å². The molecule has 0 fully saturated rings. The Morgan fingerprint density at radius 2 is 2.08 bits per heavy atom. The summed E-state index contributed by atoms with van der Waals surface area (Å²) >= 11 is 0. The molecule has 2 aromatic rings. The second-order valence-corrected chi connectivity index (χ2v) is 6.24. The van der Waals surface area contributed by atoms with Crippen LogP contribution in [0.2, 0.25) is 0 Å². The second-order valence-electron chi connectivity index (χ2n) is 6.24. The molecule has 1 unspecified atom stereocenters. The molecule has 0 saturated heterocycles. The molecule has 5 heteroatoms. The zero-order chi connectivity index (χ0) is 18.4. The number of hydrogen-bond acceptors (Lipinski definition) is 4. The summed E-state index contributed by atoms with van der Waals surface area (Å²) in [6.07, 6.45) is 0.810. The lowest BCUT2D eigenvalue weighted by Crippen LogP contribution is -2.19. The number of aryl methyl sites for hydroxylation is 2. The molecule has 2 rings (SSSR count).